The number of morpholine rings is 1. The Labute approximate surface area is 182 Å². The standard InChI is InChI=1S/C20H26N2OS2.2ClH/c1-5-21(7-8-22-9-11-23-12-10-22)6-2-17(1)20(18-3-13-24-15-18)19-4-14-25-16-19;;/h3-4,13-16H,1-2,5-12H2;2*1H. The first kappa shape index (κ1) is 22.9. The van der Waals surface area contributed by atoms with Crippen molar-refractivity contribution in [3.05, 3.63) is 50.4 Å². The molecule has 4 rings (SSSR count). The van der Waals surface area contributed by atoms with E-state index in [0.29, 0.717) is 0 Å². The van der Waals surface area contributed by atoms with Crippen LogP contribution in [0.3, 0.4) is 0 Å². The summed E-state index contributed by atoms with van der Waals surface area (Å²) in [5, 5.41) is 9.02. The van der Waals surface area contributed by atoms with Gasteiger partial charge in [-0.25, -0.2) is 0 Å². The van der Waals surface area contributed by atoms with Crippen LogP contribution < -0.4 is 34.6 Å². The molecule has 0 atom stereocenters. The molecule has 0 amide bonds. The lowest BCUT2D eigenvalue weighted by molar-refractivity contribution is -0.962. The lowest BCUT2D eigenvalue weighted by atomic mass is 9.91. The second-order valence-electron chi connectivity index (χ2n) is 7.11. The number of rotatable bonds is 5. The van der Waals surface area contributed by atoms with E-state index in [1.165, 1.54) is 68.8 Å². The van der Waals surface area contributed by atoms with Gasteiger partial charge in [-0.05, 0) is 50.4 Å². The van der Waals surface area contributed by atoms with E-state index in [-0.39, 0.29) is 24.8 Å². The van der Waals surface area contributed by atoms with Gasteiger partial charge in [-0.2, -0.15) is 22.7 Å². The van der Waals surface area contributed by atoms with Crippen LogP contribution in [0.15, 0.2) is 39.2 Å². The van der Waals surface area contributed by atoms with E-state index in [1.807, 2.05) is 0 Å². The molecule has 3 nitrogen and oxygen atoms in total. The van der Waals surface area contributed by atoms with Crippen LogP contribution >= 0.6 is 22.7 Å². The fraction of sp³-hybridized carbons (Fsp3) is 0.500. The predicted octanol–water partition coefficient (Wildman–Crippen LogP) is -4.79. The molecule has 0 unspecified atom stereocenters. The molecule has 0 aliphatic carbocycles. The number of halogens is 2. The van der Waals surface area contributed by atoms with Crippen LogP contribution in [0.4, 0.5) is 0 Å². The molecule has 2 saturated heterocycles. The molecule has 7 heteroatoms. The highest BCUT2D eigenvalue weighted by atomic mass is 35.5. The van der Waals surface area contributed by atoms with Gasteiger partial charge in [0, 0.05) is 12.8 Å². The van der Waals surface area contributed by atoms with Gasteiger partial charge in [0.1, 0.15) is 26.2 Å². The summed E-state index contributed by atoms with van der Waals surface area (Å²) in [6.07, 6.45) is 2.49. The van der Waals surface area contributed by atoms with E-state index in [2.05, 4.69) is 33.7 Å². The van der Waals surface area contributed by atoms with Gasteiger partial charge in [-0.1, -0.05) is 5.57 Å². The highest BCUT2D eigenvalue weighted by Gasteiger charge is 2.23. The Balaban J connectivity index is 0.00000131. The van der Waals surface area contributed by atoms with Gasteiger partial charge in [-0.15, -0.1) is 0 Å². The molecule has 2 N–H and O–H groups in total. The zero-order chi connectivity index (χ0) is 16.9. The molecular formula is C20H28Cl2N2OS2. The van der Waals surface area contributed by atoms with Crippen LogP contribution in [-0.4, -0.2) is 52.5 Å². The summed E-state index contributed by atoms with van der Waals surface area (Å²) >= 11 is 3.61. The zero-order valence-corrected chi connectivity index (χ0v) is 18.7. The second kappa shape index (κ2) is 11.6. The molecule has 0 bridgehead atoms. The number of piperidine rings is 1. The summed E-state index contributed by atoms with van der Waals surface area (Å²) in [5.41, 5.74) is 6.01. The molecule has 150 valence electrons. The third-order valence-corrected chi connectivity index (χ3v) is 6.93. The maximum atomic E-state index is 5.47. The Bertz CT molecular complexity index is 637. The summed E-state index contributed by atoms with van der Waals surface area (Å²) in [6, 6.07) is 4.57. The largest absolute Gasteiger partial charge is 1.00 e. The quantitative estimate of drug-likeness (QED) is 0.471. The molecule has 0 radical (unpaired) electrons. The molecule has 2 aromatic rings. The molecule has 0 aromatic carbocycles. The maximum Gasteiger partial charge on any atom is 0.127 e. The van der Waals surface area contributed by atoms with Crippen LogP contribution in [0.25, 0.3) is 5.57 Å². The van der Waals surface area contributed by atoms with Crippen LogP contribution in [0.5, 0.6) is 0 Å². The third-order valence-electron chi connectivity index (χ3n) is 5.57. The van der Waals surface area contributed by atoms with Crippen molar-refractivity contribution < 1.29 is 39.4 Å². The van der Waals surface area contributed by atoms with Gasteiger partial charge < -0.3 is 39.4 Å². The number of likely N-dealkylation sites (tertiary alicyclic amines) is 1. The molecule has 4 heterocycles. The monoisotopic (exact) mass is 446 g/mol. The number of ether oxygens (including phenoxy) is 1. The fourth-order valence-electron chi connectivity index (χ4n) is 4.06. The molecular weight excluding hydrogens is 419 g/mol. The fourth-order valence-corrected chi connectivity index (χ4v) is 5.35. The first-order valence-corrected chi connectivity index (χ1v) is 11.3. The van der Waals surface area contributed by atoms with Crippen LogP contribution in [-0.2, 0) is 4.74 Å². The highest BCUT2D eigenvalue weighted by molar-refractivity contribution is 7.08. The number of nitrogens with one attached hydrogen (secondary N) is 2. The summed E-state index contributed by atoms with van der Waals surface area (Å²) < 4.78 is 5.47. The lowest BCUT2D eigenvalue weighted by Gasteiger charge is -2.29. The number of quaternary nitrogens is 2. The van der Waals surface area contributed by atoms with E-state index < -0.39 is 0 Å². The number of hydrogen-bond donors (Lipinski definition) is 2. The molecule has 2 aliphatic heterocycles. The van der Waals surface area contributed by atoms with Crippen molar-refractivity contribution in [2.24, 2.45) is 0 Å². The smallest absolute Gasteiger partial charge is 0.127 e. The third kappa shape index (κ3) is 6.04. The molecule has 0 saturated carbocycles. The Hall–Kier alpha value is -0.400. The van der Waals surface area contributed by atoms with E-state index in [4.69, 9.17) is 4.74 Å². The summed E-state index contributed by atoms with van der Waals surface area (Å²) in [4.78, 5) is 3.52. The number of hydrogen-bond acceptors (Lipinski definition) is 3. The van der Waals surface area contributed by atoms with E-state index >= 15 is 0 Å². The van der Waals surface area contributed by atoms with Crippen LogP contribution in [0, 0.1) is 0 Å². The minimum atomic E-state index is 0. The first-order valence-electron chi connectivity index (χ1n) is 9.42. The highest BCUT2D eigenvalue weighted by Crippen LogP contribution is 2.32. The number of thiophene rings is 2. The van der Waals surface area contributed by atoms with Crippen molar-refractivity contribution in [1.29, 1.82) is 0 Å². The van der Waals surface area contributed by atoms with E-state index in [9.17, 15) is 0 Å². The Morgan fingerprint density at radius 3 is 1.81 bits per heavy atom. The Morgan fingerprint density at radius 2 is 1.33 bits per heavy atom. The SMILES string of the molecule is [Cl-].[Cl-].c1cc(C(=C2CC[NH+](CC[NH+]3CCOCC3)CC2)c2ccsc2)cs1. The summed E-state index contributed by atoms with van der Waals surface area (Å²) in [5.74, 6) is 0. The van der Waals surface area contributed by atoms with Crippen molar-refractivity contribution in [1.82, 2.24) is 0 Å². The predicted molar refractivity (Wildman–Crippen MR) is 106 cm³/mol. The van der Waals surface area contributed by atoms with E-state index in [0.717, 1.165) is 13.2 Å². The Morgan fingerprint density at radius 1 is 0.815 bits per heavy atom. The summed E-state index contributed by atoms with van der Waals surface area (Å²) in [6.45, 7) is 9.48. The zero-order valence-electron chi connectivity index (χ0n) is 15.5. The van der Waals surface area contributed by atoms with Crippen molar-refractivity contribution in [2.75, 3.05) is 52.5 Å². The van der Waals surface area contributed by atoms with Crippen molar-refractivity contribution in [3.63, 3.8) is 0 Å². The lowest BCUT2D eigenvalue weighted by Crippen LogP contribution is -3.21. The molecule has 2 aliphatic rings. The van der Waals surface area contributed by atoms with Crippen LogP contribution in [0.1, 0.15) is 24.0 Å². The van der Waals surface area contributed by atoms with E-state index in [1.54, 1.807) is 38.0 Å². The van der Waals surface area contributed by atoms with Crippen molar-refractivity contribution >= 4 is 28.2 Å². The minimum absolute atomic E-state index is 0. The summed E-state index contributed by atoms with van der Waals surface area (Å²) in [7, 11) is 0. The normalized spacial score (nSPS) is 20.6. The van der Waals surface area contributed by atoms with Crippen molar-refractivity contribution in [2.45, 2.75) is 12.8 Å². The molecule has 0 spiro atoms. The van der Waals surface area contributed by atoms with Gasteiger partial charge in [0.2, 0.25) is 0 Å². The van der Waals surface area contributed by atoms with Gasteiger partial charge >= 0.3 is 0 Å². The average molecular weight is 447 g/mol. The minimum Gasteiger partial charge on any atom is -1.00 e. The van der Waals surface area contributed by atoms with Gasteiger partial charge in [-0.3, -0.25) is 0 Å². The average Bonchev–Trinajstić information content (AvgIpc) is 3.37. The molecule has 27 heavy (non-hydrogen) atoms. The topological polar surface area (TPSA) is 18.1 Å². The second-order valence-corrected chi connectivity index (χ2v) is 8.68. The van der Waals surface area contributed by atoms with Gasteiger partial charge in [0.15, 0.2) is 0 Å². The maximum absolute atomic E-state index is 5.47. The van der Waals surface area contributed by atoms with Crippen molar-refractivity contribution in [3.8, 4) is 0 Å². The van der Waals surface area contributed by atoms with Crippen LogP contribution in [0.2, 0.25) is 0 Å². The molecule has 2 fully saturated rings. The Kier molecular flexibility index (Phi) is 9.80. The van der Waals surface area contributed by atoms with Gasteiger partial charge in [0.25, 0.3) is 0 Å². The van der Waals surface area contributed by atoms with Gasteiger partial charge in [0.05, 0.1) is 26.3 Å². The molecule has 2 aromatic heterocycles. The first-order chi connectivity index (χ1) is 12.4.